The third-order valence-corrected chi connectivity index (χ3v) is 9.98. The maximum atomic E-state index is 13.3. The lowest BCUT2D eigenvalue weighted by molar-refractivity contribution is -0.122. The molecule has 3 aromatic rings. The quantitative estimate of drug-likeness (QED) is 0.420. The standard InChI is InChI=1S/C22H24ClN3O4S3/c1-3-12-25-16-9-8-15(30-4-2)14-18(16)31-22(25)24-21(27)17-7-5-6-13-26(17)33(28,29)20-11-10-19(23)32-20/h3,8-11,14,17H,1,4-7,12-13H2,2H3. The summed E-state index contributed by atoms with van der Waals surface area (Å²) in [5, 5.41) is 0. The van der Waals surface area contributed by atoms with Crippen LogP contribution in [0.1, 0.15) is 26.2 Å². The van der Waals surface area contributed by atoms with Crippen LogP contribution in [0.3, 0.4) is 0 Å². The lowest BCUT2D eigenvalue weighted by Gasteiger charge is -2.31. The smallest absolute Gasteiger partial charge is 0.266 e. The molecule has 0 spiro atoms. The summed E-state index contributed by atoms with van der Waals surface area (Å²) in [5.41, 5.74) is 0.913. The molecule has 0 aliphatic carbocycles. The van der Waals surface area contributed by atoms with Crippen molar-refractivity contribution in [2.75, 3.05) is 13.2 Å². The first-order valence-electron chi connectivity index (χ1n) is 10.6. The van der Waals surface area contributed by atoms with Gasteiger partial charge in [0.2, 0.25) is 0 Å². The number of aromatic nitrogens is 1. The maximum absolute atomic E-state index is 13.3. The first-order chi connectivity index (χ1) is 15.8. The van der Waals surface area contributed by atoms with Crippen LogP contribution in [0.25, 0.3) is 10.2 Å². The number of rotatable bonds is 7. The van der Waals surface area contributed by atoms with Crippen molar-refractivity contribution >= 4 is 60.4 Å². The number of carbonyl (C=O) groups excluding carboxylic acids is 1. The minimum atomic E-state index is -3.83. The van der Waals surface area contributed by atoms with E-state index in [2.05, 4.69) is 11.6 Å². The SMILES string of the molecule is C=CCn1c(=NC(=O)C2CCCCN2S(=O)(=O)c2ccc(Cl)s2)sc2cc(OCC)ccc21. The van der Waals surface area contributed by atoms with E-state index in [9.17, 15) is 13.2 Å². The van der Waals surface area contributed by atoms with Gasteiger partial charge in [-0.2, -0.15) is 9.30 Å². The Morgan fingerprint density at radius 2 is 2.12 bits per heavy atom. The summed E-state index contributed by atoms with van der Waals surface area (Å²) in [6, 6.07) is 7.93. The predicted octanol–water partition coefficient (Wildman–Crippen LogP) is 4.67. The number of sulfonamides is 1. The summed E-state index contributed by atoms with van der Waals surface area (Å²) < 4.78 is 36.7. The second-order valence-corrected chi connectivity index (χ2v) is 12.3. The molecule has 0 N–H and O–H groups in total. The van der Waals surface area contributed by atoms with Crippen LogP contribution in [-0.4, -0.2) is 42.4 Å². The molecule has 11 heteroatoms. The minimum Gasteiger partial charge on any atom is -0.494 e. The normalized spacial score (nSPS) is 18.0. The zero-order valence-electron chi connectivity index (χ0n) is 18.1. The molecule has 4 rings (SSSR count). The molecule has 1 saturated heterocycles. The molecular formula is C22H24ClN3O4S3. The van der Waals surface area contributed by atoms with Crippen LogP contribution >= 0.6 is 34.3 Å². The zero-order chi connectivity index (χ0) is 23.6. The number of halogens is 1. The van der Waals surface area contributed by atoms with Gasteiger partial charge in [-0.05, 0) is 50.1 Å². The Balaban J connectivity index is 1.73. The topological polar surface area (TPSA) is 81.0 Å². The highest BCUT2D eigenvalue weighted by atomic mass is 35.5. The Morgan fingerprint density at radius 1 is 1.30 bits per heavy atom. The molecule has 0 radical (unpaired) electrons. The van der Waals surface area contributed by atoms with Crippen molar-refractivity contribution in [1.29, 1.82) is 0 Å². The highest BCUT2D eigenvalue weighted by Gasteiger charge is 2.38. The monoisotopic (exact) mass is 525 g/mol. The van der Waals surface area contributed by atoms with E-state index in [1.165, 1.54) is 21.7 Å². The molecule has 1 fully saturated rings. The maximum Gasteiger partial charge on any atom is 0.266 e. The largest absolute Gasteiger partial charge is 0.494 e. The van der Waals surface area contributed by atoms with Gasteiger partial charge in [0, 0.05) is 13.1 Å². The Hall–Kier alpha value is -1.98. The molecule has 1 aromatic carbocycles. The molecule has 2 aromatic heterocycles. The van der Waals surface area contributed by atoms with Crippen LogP contribution in [0.2, 0.25) is 4.34 Å². The van der Waals surface area contributed by atoms with Crippen molar-refractivity contribution in [3.63, 3.8) is 0 Å². The average Bonchev–Trinajstić information content (AvgIpc) is 3.38. The number of ether oxygens (including phenoxy) is 1. The number of fused-ring (bicyclic) bond motifs is 1. The fourth-order valence-corrected chi connectivity index (χ4v) is 8.20. The van der Waals surface area contributed by atoms with Crippen molar-refractivity contribution in [1.82, 2.24) is 8.87 Å². The highest BCUT2D eigenvalue weighted by molar-refractivity contribution is 7.91. The number of hydrogen-bond acceptors (Lipinski definition) is 6. The van der Waals surface area contributed by atoms with Gasteiger partial charge in [-0.25, -0.2) is 8.42 Å². The van der Waals surface area contributed by atoms with Crippen molar-refractivity contribution in [3.05, 3.63) is 52.1 Å². The van der Waals surface area contributed by atoms with Gasteiger partial charge in [0.05, 0.1) is 21.2 Å². The second-order valence-electron chi connectivity index (χ2n) is 7.48. The number of nitrogens with zero attached hydrogens (tertiary/aromatic N) is 3. The van der Waals surface area contributed by atoms with E-state index in [0.29, 0.717) is 35.1 Å². The Labute approximate surface area is 205 Å². The molecule has 0 saturated carbocycles. The summed E-state index contributed by atoms with van der Waals surface area (Å²) in [6.07, 6.45) is 3.63. The number of thiophene rings is 1. The van der Waals surface area contributed by atoms with E-state index in [1.807, 2.05) is 29.7 Å². The Morgan fingerprint density at radius 3 is 2.82 bits per heavy atom. The number of carbonyl (C=O) groups is 1. The number of thiazole rings is 1. The average molecular weight is 526 g/mol. The summed E-state index contributed by atoms with van der Waals surface area (Å²) in [6.45, 7) is 7.04. The molecular weight excluding hydrogens is 502 g/mol. The molecule has 1 aliphatic heterocycles. The van der Waals surface area contributed by atoms with Crippen molar-refractivity contribution in [2.45, 2.75) is 43.0 Å². The summed E-state index contributed by atoms with van der Waals surface area (Å²) in [4.78, 5) is 18.2. The first kappa shape index (κ1) is 24.2. The third kappa shape index (κ3) is 4.95. The van der Waals surface area contributed by atoms with Crippen LogP contribution in [0.4, 0.5) is 0 Å². The van der Waals surface area contributed by atoms with Crippen molar-refractivity contribution in [2.24, 2.45) is 4.99 Å². The van der Waals surface area contributed by atoms with Gasteiger partial charge in [0.15, 0.2) is 4.80 Å². The van der Waals surface area contributed by atoms with E-state index in [-0.39, 0.29) is 10.8 Å². The third-order valence-electron chi connectivity index (χ3n) is 5.33. The lowest BCUT2D eigenvalue weighted by Crippen LogP contribution is -2.47. The van der Waals surface area contributed by atoms with Crippen LogP contribution in [-0.2, 0) is 21.4 Å². The molecule has 3 heterocycles. The van der Waals surface area contributed by atoms with Crippen molar-refractivity contribution < 1.29 is 17.9 Å². The fraction of sp³-hybridized carbons (Fsp3) is 0.364. The molecule has 1 amide bonds. The fourth-order valence-electron chi connectivity index (χ4n) is 3.86. The number of hydrogen-bond donors (Lipinski definition) is 0. The van der Waals surface area contributed by atoms with E-state index in [0.717, 1.165) is 33.7 Å². The molecule has 0 bridgehead atoms. The van der Waals surface area contributed by atoms with E-state index < -0.39 is 22.0 Å². The van der Waals surface area contributed by atoms with E-state index in [1.54, 1.807) is 12.1 Å². The Kier molecular flexibility index (Phi) is 7.40. The Bertz CT molecular complexity index is 1360. The number of amides is 1. The molecule has 7 nitrogen and oxygen atoms in total. The van der Waals surface area contributed by atoms with Gasteiger partial charge >= 0.3 is 0 Å². The predicted molar refractivity (Wildman–Crippen MR) is 133 cm³/mol. The molecule has 1 atom stereocenters. The van der Waals surface area contributed by atoms with E-state index >= 15 is 0 Å². The van der Waals surface area contributed by atoms with Gasteiger partial charge in [0.1, 0.15) is 16.0 Å². The number of allylic oxidation sites excluding steroid dienone is 1. The molecule has 1 unspecified atom stereocenters. The van der Waals surface area contributed by atoms with Gasteiger partial charge in [-0.15, -0.1) is 17.9 Å². The summed E-state index contributed by atoms with van der Waals surface area (Å²) in [7, 11) is -3.83. The van der Waals surface area contributed by atoms with Gasteiger partial charge in [-0.1, -0.05) is 35.4 Å². The highest BCUT2D eigenvalue weighted by Crippen LogP contribution is 2.32. The number of benzene rings is 1. The van der Waals surface area contributed by atoms with Crippen LogP contribution in [0.15, 0.2) is 52.2 Å². The molecule has 33 heavy (non-hydrogen) atoms. The number of piperidine rings is 1. The van der Waals surface area contributed by atoms with Crippen LogP contribution in [0.5, 0.6) is 5.75 Å². The summed E-state index contributed by atoms with van der Waals surface area (Å²) >= 11 is 8.32. The summed E-state index contributed by atoms with van der Waals surface area (Å²) in [5.74, 6) is 0.282. The molecule has 1 aliphatic rings. The second kappa shape index (κ2) is 10.1. The van der Waals surface area contributed by atoms with Crippen molar-refractivity contribution in [3.8, 4) is 5.75 Å². The van der Waals surface area contributed by atoms with Crippen LogP contribution in [0, 0.1) is 0 Å². The first-order valence-corrected chi connectivity index (χ1v) is 14.0. The van der Waals surface area contributed by atoms with Gasteiger partial charge < -0.3 is 9.30 Å². The van der Waals surface area contributed by atoms with E-state index in [4.69, 9.17) is 16.3 Å². The zero-order valence-corrected chi connectivity index (χ0v) is 21.3. The van der Waals surface area contributed by atoms with Gasteiger partial charge in [0.25, 0.3) is 15.9 Å². The van der Waals surface area contributed by atoms with Gasteiger partial charge in [-0.3, -0.25) is 4.79 Å². The minimum absolute atomic E-state index is 0.138. The molecule has 176 valence electrons. The lowest BCUT2D eigenvalue weighted by atomic mass is 10.0. The van der Waals surface area contributed by atoms with Crippen LogP contribution < -0.4 is 9.54 Å².